The summed E-state index contributed by atoms with van der Waals surface area (Å²) in [6.07, 6.45) is 4.44. The standard InChI is InChI=1S/C19H24N2O3/c1-13-5-3-6-15-14(11-20-17(13)15)7-8-16(22)21-10-4-9-19(2,12-21)18(23)24/h3,5-6,11,20H,4,7-10,12H2,1-2H3,(H,23,24). The molecule has 1 saturated heterocycles. The lowest BCUT2D eigenvalue weighted by Crippen LogP contribution is -2.48. The molecular formula is C19H24N2O3. The Bertz CT molecular complexity index is 780. The van der Waals surface area contributed by atoms with Gasteiger partial charge in [0, 0.05) is 36.6 Å². The number of fused-ring (bicyclic) bond motifs is 1. The Morgan fingerprint density at radius 1 is 1.38 bits per heavy atom. The summed E-state index contributed by atoms with van der Waals surface area (Å²) in [5, 5.41) is 10.5. The molecule has 0 spiro atoms. The van der Waals surface area contributed by atoms with Gasteiger partial charge in [-0.25, -0.2) is 0 Å². The van der Waals surface area contributed by atoms with Gasteiger partial charge >= 0.3 is 5.97 Å². The molecule has 1 aromatic heterocycles. The number of hydrogen-bond donors (Lipinski definition) is 2. The summed E-state index contributed by atoms with van der Waals surface area (Å²) in [6.45, 7) is 4.77. The third kappa shape index (κ3) is 3.03. The fourth-order valence-corrected chi connectivity index (χ4v) is 3.60. The number of H-pyrrole nitrogens is 1. The number of piperidine rings is 1. The van der Waals surface area contributed by atoms with E-state index >= 15 is 0 Å². The first-order valence-electron chi connectivity index (χ1n) is 8.47. The van der Waals surface area contributed by atoms with Gasteiger partial charge in [-0.15, -0.1) is 0 Å². The zero-order valence-electron chi connectivity index (χ0n) is 14.3. The topological polar surface area (TPSA) is 73.4 Å². The van der Waals surface area contributed by atoms with E-state index < -0.39 is 11.4 Å². The summed E-state index contributed by atoms with van der Waals surface area (Å²) in [4.78, 5) is 29.0. The Morgan fingerprint density at radius 2 is 2.17 bits per heavy atom. The lowest BCUT2D eigenvalue weighted by Gasteiger charge is -2.37. The first-order valence-corrected chi connectivity index (χ1v) is 8.47. The van der Waals surface area contributed by atoms with E-state index in [1.54, 1.807) is 11.8 Å². The molecule has 1 aliphatic heterocycles. The van der Waals surface area contributed by atoms with Crippen molar-refractivity contribution >= 4 is 22.8 Å². The van der Waals surface area contributed by atoms with Crippen molar-refractivity contribution in [1.82, 2.24) is 9.88 Å². The molecule has 2 aromatic rings. The molecule has 3 rings (SSSR count). The molecule has 24 heavy (non-hydrogen) atoms. The molecule has 0 saturated carbocycles. The van der Waals surface area contributed by atoms with Crippen molar-refractivity contribution in [3.63, 3.8) is 0 Å². The number of aryl methyl sites for hydroxylation is 2. The summed E-state index contributed by atoms with van der Waals surface area (Å²) in [5.74, 6) is -0.767. The molecule has 1 unspecified atom stereocenters. The third-order valence-corrected chi connectivity index (χ3v) is 5.18. The molecule has 5 nitrogen and oxygen atoms in total. The quantitative estimate of drug-likeness (QED) is 0.905. The number of amides is 1. The van der Waals surface area contributed by atoms with Gasteiger partial charge in [0.25, 0.3) is 0 Å². The highest BCUT2D eigenvalue weighted by Crippen LogP contribution is 2.30. The van der Waals surface area contributed by atoms with Crippen LogP contribution in [0.5, 0.6) is 0 Å². The van der Waals surface area contributed by atoms with E-state index in [0.717, 1.165) is 22.9 Å². The van der Waals surface area contributed by atoms with E-state index in [1.807, 2.05) is 12.3 Å². The van der Waals surface area contributed by atoms with Crippen LogP contribution in [0.4, 0.5) is 0 Å². The first kappa shape index (κ1) is 16.6. The molecule has 0 aliphatic carbocycles. The molecule has 1 aliphatic rings. The van der Waals surface area contributed by atoms with Gasteiger partial charge in [0.05, 0.1) is 5.41 Å². The minimum absolute atomic E-state index is 0.0455. The predicted octanol–water partition coefficient (Wildman–Crippen LogP) is 3.12. The van der Waals surface area contributed by atoms with Crippen molar-refractivity contribution < 1.29 is 14.7 Å². The van der Waals surface area contributed by atoms with Crippen LogP contribution in [0.3, 0.4) is 0 Å². The second-order valence-corrected chi connectivity index (χ2v) is 7.10. The van der Waals surface area contributed by atoms with Gasteiger partial charge in [-0.3, -0.25) is 9.59 Å². The van der Waals surface area contributed by atoms with Gasteiger partial charge in [0.1, 0.15) is 0 Å². The second-order valence-electron chi connectivity index (χ2n) is 7.10. The number of carboxylic acid groups (broad SMARTS) is 1. The lowest BCUT2D eigenvalue weighted by molar-refractivity contribution is -0.153. The van der Waals surface area contributed by atoms with Crippen LogP contribution in [-0.4, -0.2) is 40.0 Å². The number of aromatic nitrogens is 1. The van der Waals surface area contributed by atoms with Crippen LogP contribution in [0.1, 0.15) is 37.3 Å². The molecule has 1 aromatic carbocycles. The van der Waals surface area contributed by atoms with Crippen molar-refractivity contribution in [3.05, 3.63) is 35.5 Å². The number of rotatable bonds is 4. The molecule has 128 valence electrons. The number of aromatic amines is 1. The monoisotopic (exact) mass is 328 g/mol. The fourth-order valence-electron chi connectivity index (χ4n) is 3.60. The van der Waals surface area contributed by atoms with Crippen molar-refractivity contribution in [1.29, 1.82) is 0 Å². The van der Waals surface area contributed by atoms with Gasteiger partial charge in [-0.2, -0.15) is 0 Å². The first-order chi connectivity index (χ1) is 11.4. The Hall–Kier alpha value is -2.30. The van der Waals surface area contributed by atoms with Crippen molar-refractivity contribution in [2.24, 2.45) is 5.41 Å². The smallest absolute Gasteiger partial charge is 0.311 e. The summed E-state index contributed by atoms with van der Waals surface area (Å²) < 4.78 is 0. The minimum atomic E-state index is -0.814. The van der Waals surface area contributed by atoms with E-state index in [9.17, 15) is 14.7 Å². The third-order valence-electron chi connectivity index (χ3n) is 5.18. The van der Waals surface area contributed by atoms with Gasteiger partial charge in [0.15, 0.2) is 0 Å². The molecule has 1 atom stereocenters. The van der Waals surface area contributed by atoms with E-state index in [-0.39, 0.29) is 5.91 Å². The SMILES string of the molecule is Cc1cccc2c(CCC(=O)N3CCCC(C)(C(=O)O)C3)c[nH]c12. The summed E-state index contributed by atoms with van der Waals surface area (Å²) in [6, 6.07) is 6.16. The van der Waals surface area contributed by atoms with Crippen LogP contribution in [-0.2, 0) is 16.0 Å². The van der Waals surface area contributed by atoms with Gasteiger partial charge in [-0.1, -0.05) is 18.2 Å². The minimum Gasteiger partial charge on any atom is -0.481 e. The predicted molar refractivity (Wildman–Crippen MR) is 92.9 cm³/mol. The van der Waals surface area contributed by atoms with Crippen LogP contribution in [0.2, 0.25) is 0 Å². The number of nitrogens with zero attached hydrogens (tertiary/aromatic N) is 1. The zero-order valence-corrected chi connectivity index (χ0v) is 14.3. The van der Waals surface area contributed by atoms with Crippen LogP contribution in [0, 0.1) is 12.3 Å². The average Bonchev–Trinajstić information content (AvgIpc) is 2.97. The molecule has 2 heterocycles. The van der Waals surface area contributed by atoms with Crippen LogP contribution < -0.4 is 0 Å². The molecular weight excluding hydrogens is 304 g/mol. The molecule has 1 amide bonds. The van der Waals surface area contributed by atoms with Gasteiger partial charge < -0.3 is 15.0 Å². The molecule has 2 N–H and O–H groups in total. The number of carbonyl (C=O) groups excluding carboxylic acids is 1. The summed E-state index contributed by atoms with van der Waals surface area (Å²) in [5.41, 5.74) is 2.64. The highest BCUT2D eigenvalue weighted by atomic mass is 16.4. The highest BCUT2D eigenvalue weighted by Gasteiger charge is 2.39. The number of carboxylic acids is 1. The lowest BCUT2D eigenvalue weighted by atomic mass is 9.82. The second kappa shape index (κ2) is 6.30. The number of aliphatic carboxylic acids is 1. The van der Waals surface area contributed by atoms with Crippen LogP contribution in [0.25, 0.3) is 10.9 Å². The number of hydrogen-bond acceptors (Lipinski definition) is 2. The van der Waals surface area contributed by atoms with Crippen LogP contribution in [0.15, 0.2) is 24.4 Å². The van der Waals surface area contributed by atoms with Crippen molar-refractivity contribution in [3.8, 4) is 0 Å². The Balaban J connectivity index is 1.67. The Labute approximate surface area is 141 Å². The maximum Gasteiger partial charge on any atom is 0.311 e. The maximum atomic E-state index is 12.5. The Morgan fingerprint density at radius 3 is 2.92 bits per heavy atom. The van der Waals surface area contributed by atoms with Gasteiger partial charge in [-0.05, 0) is 44.2 Å². The van der Waals surface area contributed by atoms with E-state index in [2.05, 4.69) is 24.0 Å². The summed E-state index contributed by atoms with van der Waals surface area (Å²) in [7, 11) is 0. The summed E-state index contributed by atoms with van der Waals surface area (Å²) >= 11 is 0. The Kier molecular flexibility index (Phi) is 4.35. The number of benzene rings is 1. The largest absolute Gasteiger partial charge is 0.481 e. The molecule has 1 fully saturated rings. The highest BCUT2D eigenvalue weighted by molar-refractivity contribution is 5.86. The van der Waals surface area contributed by atoms with Crippen molar-refractivity contribution in [2.75, 3.05) is 13.1 Å². The molecule has 5 heteroatoms. The number of para-hydroxylation sites is 1. The zero-order chi connectivity index (χ0) is 17.3. The van der Waals surface area contributed by atoms with E-state index in [4.69, 9.17) is 0 Å². The number of nitrogens with one attached hydrogen (secondary N) is 1. The molecule has 0 bridgehead atoms. The number of carbonyl (C=O) groups is 2. The maximum absolute atomic E-state index is 12.5. The normalized spacial score (nSPS) is 21.2. The number of likely N-dealkylation sites (tertiary alicyclic amines) is 1. The van der Waals surface area contributed by atoms with Crippen molar-refractivity contribution in [2.45, 2.75) is 39.5 Å². The average molecular weight is 328 g/mol. The van der Waals surface area contributed by atoms with Crippen LogP contribution >= 0.6 is 0 Å². The van der Waals surface area contributed by atoms with Gasteiger partial charge in [0.2, 0.25) is 5.91 Å². The van der Waals surface area contributed by atoms with E-state index in [1.165, 1.54) is 5.56 Å². The van der Waals surface area contributed by atoms with E-state index in [0.29, 0.717) is 32.4 Å². The molecule has 0 radical (unpaired) electrons. The fraction of sp³-hybridized carbons (Fsp3) is 0.474.